The first-order valence-electron chi connectivity index (χ1n) is 5.97. The average Bonchev–Trinajstić information content (AvgIpc) is 2.48. The minimum absolute atomic E-state index is 0.212. The molecule has 0 spiro atoms. The van der Waals surface area contributed by atoms with E-state index < -0.39 is 0 Å². The average molecular weight is 407 g/mol. The van der Waals surface area contributed by atoms with E-state index in [4.69, 9.17) is 17.5 Å². The number of carbonyl (C=O) groups is 1. The number of amides is 1. The van der Waals surface area contributed by atoms with Crippen LogP contribution in [0.2, 0.25) is 0 Å². The van der Waals surface area contributed by atoms with Gasteiger partial charge < -0.3 is 5.32 Å². The third-order valence-corrected chi connectivity index (χ3v) is 3.76. The number of nitrogens with zero attached hydrogens (tertiary/aromatic N) is 1. The molecule has 0 radical (unpaired) electrons. The molecular formula is C15H10IN3OS. The Morgan fingerprint density at radius 2 is 1.81 bits per heavy atom. The molecular weight excluding hydrogens is 397 g/mol. The van der Waals surface area contributed by atoms with Crippen LogP contribution in [0.15, 0.2) is 48.5 Å². The van der Waals surface area contributed by atoms with Crippen molar-refractivity contribution in [2.75, 3.05) is 5.32 Å². The van der Waals surface area contributed by atoms with Crippen molar-refractivity contribution in [3.63, 3.8) is 0 Å². The number of thiocarbonyl (C=S) groups is 1. The largest absolute Gasteiger partial charge is 0.332 e. The van der Waals surface area contributed by atoms with Gasteiger partial charge in [-0.25, -0.2) is 0 Å². The van der Waals surface area contributed by atoms with Crippen LogP contribution in [0.4, 0.5) is 5.69 Å². The number of benzene rings is 2. The van der Waals surface area contributed by atoms with Crippen molar-refractivity contribution in [2.45, 2.75) is 0 Å². The Hall–Kier alpha value is -1.98. The van der Waals surface area contributed by atoms with Gasteiger partial charge in [-0.1, -0.05) is 12.1 Å². The molecule has 0 aliphatic carbocycles. The van der Waals surface area contributed by atoms with Crippen LogP contribution in [0.3, 0.4) is 0 Å². The van der Waals surface area contributed by atoms with Crippen molar-refractivity contribution in [3.8, 4) is 6.07 Å². The molecule has 0 aliphatic rings. The lowest BCUT2D eigenvalue weighted by atomic mass is 10.2. The smallest absolute Gasteiger partial charge is 0.258 e. The van der Waals surface area contributed by atoms with E-state index in [1.807, 2.05) is 18.2 Å². The number of nitriles is 1. The van der Waals surface area contributed by atoms with Crippen LogP contribution in [0.5, 0.6) is 0 Å². The minimum atomic E-state index is -0.258. The summed E-state index contributed by atoms with van der Waals surface area (Å²) in [6.45, 7) is 0. The summed E-state index contributed by atoms with van der Waals surface area (Å²) in [7, 11) is 0. The Bertz CT molecular complexity index is 722. The normalized spacial score (nSPS) is 9.52. The van der Waals surface area contributed by atoms with E-state index in [0.717, 1.165) is 3.57 Å². The van der Waals surface area contributed by atoms with E-state index in [0.29, 0.717) is 16.8 Å². The molecule has 2 aromatic carbocycles. The van der Waals surface area contributed by atoms with Gasteiger partial charge in [0.05, 0.1) is 17.2 Å². The Morgan fingerprint density at radius 1 is 1.14 bits per heavy atom. The number of halogens is 1. The number of nitrogens with one attached hydrogen (secondary N) is 2. The lowest BCUT2D eigenvalue weighted by Gasteiger charge is -2.10. The molecule has 104 valence electrons. The van der Waals surface area contributed by atoms with Crippen LogP contribution < -0.4 is 10.6 Å². The quantitative estimate of drug-likeness (QED) is 0.593. The number of anilines is 1. The van der Waals surface area contributed by atoms with Gasteiger partial charge >= 0.3 is 0 Å². The maximum atomic E-state index is 12.1. The summed E-state index contributed by atoms with van der Waals surface area (Å²) in [5, 5.41) is 14.5. The zero-order chi connectivity index (χ0) is 15.2. The number of rotatable bonds is 2. The van der Waals surface area contributed by atoms with E-state index in [2.05, 4.69) is 33.2 Å². The van der Waals surface area contributed by atoms with Crippen LogP contribution in [-0.4, -0.2) is 11.0 Å². The van der Waals surface area contributed by atoms with Crippen molar-refractivity contribution >= 4 is 51.5 Å². The third-order valence-electron chi connectivity index (χ3n) is 2.62. The molecule has 0 heterocycles. The number of hydrogen-bond donors (Lipinski definition) is 2. The molecule has 0 fully saturated rings. The molecule has 4 nitrogen and oxygen atoms in total. The lowest BCUT2D eigenvalue weighted by Crippen LogP contribution is -2.34. The van der Waals surface area contributed by atoms with Gasteiger partial charge in [0, 0.05) is 9.26 Å². The maximum Gasteiger partial charge on any atom is 0.258 e. The summed E-state index contributed by atoms with van der Waals surface area (Å²) in [5.74, 6) is -0.258. The molecule has 0 saturated carbocycles. The molecule has 0 unspecified atom stereocenters. The first kappa shape index (κ1) is 15.4. The van der Waals surface area contributed by atoms with Gasteiger partial charge in [0.2, 0.25) is 0 Å². The van der Waals surface area contributed by atoms with Gasteiger partial charge in [0.1, 0.15) is 0 Å². The predicted octanol–water partition coefficient (Wildman–Crippen LogP) is 3.29. The van der Waals surface area contributed by atoms with Crippen LogP contribution >= 0.6 is 34.8 Å². The Labute approximate surface area is 141 Å². The van der Waals surface area contributed by atoms with Gasteiger partial charge in [-0.3, -0.25) is 10.1 Å². The zero-order valence-electron chi connectivity index (χ0n) is 10.8. The second-order valence-corrected chi connectivity index (χ2v) is 5.65. The Morgan fingerprint density at radius 3 is 2.43 bits per heavy atom. The molecule has 0 aliphatic heterocycles. The molecule has 2 N–H and O–H groups in total. The minimum Gasteiger partial charge on any atom is -0.332 e. The summed E-state index contributed by atoms with van der Waals surface area (Å²) < 4.78 is 0.855. The van der Waals surface area contributed by atoms with Gasteiger partial charge in [0.15, 0.2) is 5.11 Å². The van der Waals surface area contributed by atoms with Gasteiger partial charge in [-0.15, -0.1) is 0 Å². The second kappa shape index (κ2) is 7.15. The fourth-order valence-corrected chi connectivity index (χ4v) is 2.45. The van der Waals surface area contributed by atoms with Gasteiger partial charge in [0.25, 0.3) is 5.91 Å². The summed E-state index contributed by atoms with van der Waals surface area (Å²) in [5.41, 5.74) is 1.85. The predicted molar refractivity (Wildman–Crippen MR) is 94.0 cm³/mol. The highest BCUT2D eigenvalue weighted by atomic mass is 127. The van der Waals surface area contributed by atoms with Crippen LogP contribution in [0, 0.1) is 14.9 Å². The van der Waals surface area contributed by atoms with Crippen molar-refractivity contribution < 1.29 is 4.79 Å². The molecule has 1 amide bonds. The SMILES string of the molecule is N#Cc1ccc(NC(=S)NC(=O)c2ccccc2I)cc1. The Kier molecular flexibility index (Phi) is 5.25. The first-order chi connectivity index (χ1) is 10.1. The van der Waals surface area contributed by atoms with E-state index in [-0.39, 0.29) is 11.0 Å². The summed E-state index contributed by atoms with van der Waals surface area (Å²) in [6.07, 6.45) is 0. The third kappa shape index (κ3) is 4.24. The van der Waals surface area contributed by atoms with Gasteiger partial charge in [-0.05, 0) is 71.2 Å². The standard InChI is InChI=1S/C15H10IN3OS/c16-13-4-2-1-3-12(13)14(20)19-15(21)18-11-7-5-10(9-17)6-8-11/h1-8H,(H2,18,19,20,21). The fraction of sp³-hybridized carbons (Fsp3) is 0. The Balaban J connectivity index is 2.00. The topological polar surface area (TPSA) is 64.9 Å². The van der Waals surface area contributed by atoms with E-state index in [1.165, 1.54) is 0 Å². The molecule has 0 bridgehead atoms. The van der Waals surface area contributed by atoms with Crippen molar-refractivity contribution in [1.29, 1.82) is 5.26 Å². The summed E-state index contributed by atoms with van der Waals surface area (Å²) in [6, 6.07) is 16.1. The molecule has 2 aromatic rings. The van der Waals surface area contributed by atoms with Crippen LogP contribution in [0.25, 0.3) is 0 Å². The highest BCUT2D eigenvalue weighted by Gasteiger charge is 2.10. The molecule has 2 rings (SSSR count). The van der Waals surface area contributed by atoms with Crippen molar-refractivity contribution in [2.24, 2.45) is 0 Å². The molecule has 0 atom stereocenters. The highest BCUT2D eigenvalue weighted by molar-refractivity contribution is 14.1. The molecule has 0 saturated heterocycles. The highest BCUT2D eigenvalue weighted by Crippen LogP contribution is 2.12. The number of carbonyl (C=O) groups excluding carboxylic acids is 1. The monoisotopic (exact) mass is 407 g/mol. The molecule has 0 aromatic heterocycles. The fourth-order valence-electron chi connectivity index (χ4n) is 1.61. The maximum absolute atomic E-state index is 12.1. The zero-order valence-corrected chi connectivity index (χ0v) is 13.7. The van der Waals surface area contributed by atoms with Crippen LogP contribution in [-0.2, 0) is 0 Å². The second-order valence-electron chi connectivity index (χ2n) is 4.08. The van der Waals surface area contributed by atoms with E-state index >= 15 is 0 Å². The van der Waals surface area contributed by atoms with E-state index in [1.54, 1.807) is 36.4 Å². The number of hydrogen-bond acceptors (Lipinski definition) is 3. The summed E-state index contributed by atoms with van der Waals surface area (Å²) in [4.78, 5) is 12.1. The summed E-state index contributed by atoms with van der Waals surface area (Å²) >= 11 is 7.20. The first-order valence-corrected chi connectivity index (χ1v) is 7.46. The van der Waals surface area contributed by atoms with Gasteiger partial charge in [-0.2, -0.15) is 5.26 Å². The van der Waals surface area contributed by atoms with Crippen molar-refractivity contribution in [3.05, 3.63) is 63.2 Å². The van der Waals surface area contributed by atoms with Crippen molar-refractivity contribution in [1.82, 2.24) is 5.32 Å². The van der Waals surface area contributed by atoms with Crippen LogP contribution in [0.1, 0.15) is 15.9 Å². The van der Waals surface area contributed by atoms with E-state index in [9.17, 15) is 4.79 Å². The molecule has 6 heteroatoms. The molecule has 21 heavy (non-hydrogen) atoms. The lowest BCUT2D eigenvalue weighted by molar-refractivity contribution is 0.0977.